The summed E-state index contributed by atoms with van der Waals surface area (Å²) in [5.74, 6) is 0.262. The van der Waals surface area contributed by atoms with Gasteiger partial charge in [-0.3, -0.25) is 4.79 Å². The van der Waals surface area contributed by atoms with Crippen molar-refractivity contribution in [3.63, 3.8) is 0 Å². The van der Waals surface area contributed by atoms with Gasteiger partial charge in [0, 0.05) is 12.7 Å². The Morgan fingerprint density at radius 1 is 1.50 bits per heavy atom. The zero-order chi connectivity index (χ0) is 13.0. The molecule has 8 heteroatoms. The van der Waals surface area contributed by atoms with E-state index in [0.717, 1.165) is 0 Å². The van der Waals surface area contributed by atoms with E-state index in [1.54, 1.807) is 17.0 Å². The van der Waals surface area contributed by atoms with Gasteiger partial charge in [-0.2, -0.15) is 5.21 Å². The first kappa shape index (κ1) is 12.4. The summed E-state index contributed by atoms with van der Waals surface area (Å²) in [5, 5.41) is 13.9. The third-order valence-electron chi connectivity index (χ3n) is 2.34. The number of aromatic amines is 1. The molecule has 0 bridgehead atoms. The molecule has 0 atom stereocenters. The summed E-state index contributed by atoms with van der Waals surface area (Å²) in [6.45, 7) is 2.68. The van der Waals surface area contributed by atoms with E-state index in [0.29, 0.717) is 23.1 Å². The second-order valence-corrected chi connectivity index (χ2v) is 3.95. The van der Waals surface area contributed by atoms with Crippen molar-refractivity contribution in [1.29, 1.82) is 0 Å². The van der Waals surface area contributed by atoms with Crippen LogP contribution in [0.5, 0.6) is 0 Å². The average molecular weight is 267 g/mol. The number of H-pyrrole nitrogens is 1. The van der Waals surface area contributed by atoms with Gasteiger partial charge in [0.05, 0.1) is 11.6 Å². The first-order valence-corrected chi connectivity index (χ1v) is 5.71. The highest BCUT2D eigenvalue weighted by atomic mass is 35.5. The molecule has 2 heterocycles. The lowest BCUT2D eigenvalue weighted by atomic mass is 10.3. The lowest BCUT2D eigenvalue weighted by Gasteiger charge is -2.18. The summed E-state index contributed by atoms with van der Waals surface area (Å²) in [6, 6.07) is 3.22. The Bertz CT molecular complexity index is 512. The Morgan fingerprint density at radius 3 is 2.89 bits per heavy atom. The summed E-state index contributed by atoms with van der Waals surface area (Å²) >= 11 is 5.73. The van der Waals surface area contributed by atoms with Gasteiger partial charge in [-0.05, 0) is 19.1 Å². The molecule has 2 aromatic rings. The van der Waals surface area contributed by atoms with Gasteiger partial charge in [-0.15, -0.1) is 10.2 Å². The van der Waals surface area contributed by atoms with Gasteiger partial charge in [0.2, 0.25) is 0 Å². The molecule has 0 unspecified atom stereocenters. The molecule has 0 aliphatic carbocycles. The Hall–Kier alpha value is -2.02. The number of nitrogens with one attached hydrogen (secondary N) is 1. The Balaban J connectivity index is 2.12. The molecule has 0 aromatic carbocycles. The van der Waals surface area contributed by atoms with Crippen LogP contribution >= 0.6 is 11.6 Å². The molecule has 0 saturated heterocycles. The van der Waals surface area contributed by atoms with Crippen LogP contribution < -0.4 is 0 Å². The minimum Gasteiger partial charge on any atom is -0.330 e. The number of hydrogen-bond donors (Lipinski definition) is 1. The summed E-state index contributed by atoms with van der Waals surface area (Å²) in [7, 11) is 0. The molecule has 18 heavy (non-hydrogen) atoms. The maximum Gasteiger partial charge on any atom is 0.272 e. The van der Waals surface area contributed by atoms with Crippen molar-refractivity contribution in [1.82, 2.24) is 30.5 Å². The lowest BCUT2D eigenvalue weighted by Crippen LogP contribution is -2.31. The largest absolute Gasteiger partial charge is 0.330 e. The monoisotopic (exact) mass is 266 g/mol. The first-order chi connectivity index (χ1) is 8.70. The molecule has 2 rings (SSSR count). The maximum absolute atomic E-state index is 12.1. The van der Waals surface area contributed by atoms with Crippen LogP contribution in [0.15, 0.2) is 18.3 Å². The quantitative estimate of drug-likeness (QED) is 0.889. The van der Waals surface area contributed by atoms with E-state index in [1.165, 1.54) is 6.20 Å². The second-order valence-electron chi connectivity index (χ2n) is 3.51. The zero-order valence-corrected chi connectivity index (χ0v) is 10.4. The van der Waals surface area contributed by atoms with Crippen molar-refractivity contribution in [2.24, 2.45) is 0 Å². The first-order valence-electron chi connectivity index (χ1n) is 5.34. The molecular weight excluding hydrogens is 256 g/mol. The van der Waals surface area contributed by atoms with Crippen molar-refractivity contribution < 1.29 is 4.79 Å². The smallest absolute Gasteiger partial charge is 0.272 e. The van der Waals surface area contributed by atoms with Gasteiger partial charge in [0.15, 0.2) is 5.82 Å². The molecule has 94 valence electrons. The van der Waals surface area contributed by atoms with Crippen molar-refractivity contribution in [2.75, 3.05) is 6.54 Å². The maximum atomic E-state index is 12.1. The van der Waals surface area contributed by atoms with Crippen molar-refractivity contribution >= 4 is 17.5 Å². The van der Waals surface area contributed by atoms with Gasteiger partial charge in [-0.25, -0.2) is 4.98 Å². The number of hydrogen-bond acceptors (Lipinski definition) is 5. The van der Waals surface area contributed by atoms with Crippen LogP contribution in [-0.4, -0.2) is 43.0 Å². The van der Waals surface area contributed by atoms with E-state index in [-0.39, 0.29) is 12.5 Å². The van der Waals surface area contributed by atoms with Gasteiger partial charge >= 0.3 is 0 Å². The van der Waals surface area contributed by atoms with Gasteiger partial charge in [0.1, 0.15) is 5.69 Å². The highest BCUT2D eigenvalue weighted by molar-refractivity contribution is 6.30. The summed E-state index contributed by atoms with van der Waals surface area (Å²) < 4.78 is 0. The topological polar surface area (TPSA) is 87.7 Å². The number of aromatic nitrogens is 5. The summed E-state index contributed by atoms with van der Waals surface area (Å²) in [6.07, 6.45) is 1.44. The van der Waals surface area contributed by atoms with E-state index in [4.69, 9.17) is 11.6 Å². The molecular formula is C10H11ClN6O. The van der Waals surface area contributed by atoms with E-state index in [9.17, 15) is 4.79 Å². The molecule has 1 amide bonds. The molecule has 0 radical (unpaired) electrons. The minimum absolute atomic E-state index is 0.195. The standard InChI is InChI=1S/C10H11ClN6O/c1-2-17(6-9-13-15-16-14-9)10(18)8-4-3-7(11)5-12-8/h3-5H,2,6H2,1H3,(H,13,14,15,16). The normalized spacial score (nSPS) is 10.3. The highest BCUT2D eigenvalue weighted by Gasteiger charge is 2.17. The van der Waals surface area contributed by atoms with Gasteiger partial charge in [-0.1, -0.05) is 16.8 Å². The molecule has 2 aromatic heterocycles. The highest BCUT2D eigenvalue weighted by Crippen LogP contribution is 2.09. The van der Waals surface area contributed by atoms with Crippen LogP contribution in [0.2, 0.25) is 5.02 Å². The molecule has 0 saturated carbocycles. The lowest BCUT2D eigenvalue weighted by molar-refractivity contribution is 0.0742. The summed E-state index contributed by atoms with van der Waals surface area (Å²) in [4.78, 5) is 17.7. The molecule has 0 aliphatic rings. The summed E-state index contributed by atoms with van der Waals surface area (Å²) in [5.41, 5.74) is 0.338. The van der Waals surface area contributed by atoms with E-state index >= 15 is 0 Å². The third kappa shape index (κ3) is 2.80. The SMILES string of the molecule is CCN(Cc1nn[nH]n1)C(=O)c1ccc(Cl)cn1. The van der Waals surface area contributed by atoms with E-state index in [1.807, 2.05) is 6.92 Å². The number of nitrogens with zero attached hydrogens (tertiary/aromatic N) is 5. The molecule has 0 aliphatic heterocycles. The fourth-order valence-electron chi connectivity index (χ4n) is 1.41. The number of pyridine rings is 1. The Morgan fingerprint density at radius 2 is 2.33 bits per heavy atom. The molecule has 0 spiro atoms. The fraction of sp³-hybridized carbons (Fsp3) is 0.300. The zero-order valence-electron chi connectivity index (χ0n) is 9.67. The van der Waals surface area contributed by atoms with Gasteiger partial charge in [0.25, 0.3) is 5.91 Å². The predicted molar refractivity (Wildman–Crippen MR) is 63.8 cm³/mol. The average Bonchev–Trinajstić information content (AvgIpc) is 2.89. The van der Waals surface area contributed by atoms with Crippen LogP contribution in [0.25, 0.3) is 0 Å². The van der Waals surface area contributed by atoms with Crippen molar-refractivity contribution in [2.45, 2.75) is 13.5 Å². The fourth-order valence-corrected chi connectivity index (χ4v) is 1.52. The number of carbonyl (C=O) groups excluding carboxylic acids is 1. The van der Waals surface area contributed by atoms with Crippen LogP contribution in [0.4, 0.5) is 0 Å². The van der Waals surface area contributed by atoms with Crippen molar-refractivity contribution in [3.05, 3.63) is 34.9 Å². The Kier molecular flexibility index (Phi) is 3.83. The van der Waals surface area contributed by atoms with E-state index in [2.05, 4.69) is 25.6 Å². The van der Waals surface area contributed by atoms with Crippen molar-refractivity contribution in [3.8, 4) is 0 Å². The number of halogens is 1. The van der Waals surface area contributed by atoms with Crippen LogP contribution in [0.1, 0.15) is 23.2 Å². The number of tetrazole rings is 1. The molecule has 0 fully saturated rings. The molecule has 7 nitrogen and oxygen atoms in total. The van der Waals surface area contributed by atoms with Crippen LogP contribution in [0.3, 0.4) is 0 Å². The number of rotatable bonds is 4. The van der Waals surface area contributed by atoms with E-state index < -0.39 is 0 Å². The minimum atomic E-state index is -0.195. The molecule has 1 N–H and O–H groups in total. The third-order valence-corrected chi connectivity index (χ3v) is 2.56. The Labute approximate surface area is 108 Å². The second kappa shape index (κ2) is 5.54. The predicted octanol–water partition coefficient (Wildman–Crippen LogP) is 0.910. The van der Waals surface area contributed by atoms with Gasteiger partial charge < -0.3 is 4.90 Å². The van der Waals surface area contributed by atoms with Crippen LogP contribution in [-0.2, 0) is 6.54 Å². The number of carbonyl (C=O) groups is 1. The van der Waals surface area contributed by atoms with Crippen LogP contribution in [0, 0.1) is 0 Å². The number of amides is 1.